The predicted molar refractivity (Wildman–Crippen MR) is 105 cm³/mol. The zero-order valence-corrected chi connectivity index (χ0v) is 17.0. The van der Waals surface area contributed by atoms with E-state index < -0.39 is 11.7 Å². The van der Waals surface area contributed by atoms with Gasteiger partial charge in [0.15, 0.2) is 5.82 Å². The Kier molecular flexibility index (Phi) is 5.20. The molecule has 0 saturated carbocycles. The van der Waals surface area contributed by atoms with Gasteiger partial charge in [-0.05, 0) is 59.9 Å². The topological polar surface area (TPSA) is 59.7 Å². The molecule has 0 radical (unpaired) electrons. The van der Waals surface area contributed by atoms with Gasteiger partial charge in [0.1, 0.15) is 11.1 Å². The summed E-state index contributed by atoms with van der Waals surface area (Å²) in [6.07, 6.45) is 1.25. The number of aromatic nitrogens is 3. The minimum atomic E-state index is -0.637. The summed E-state index contributed by atoms with van der Waals surface area (Å²) in [6, 6.07) is 11.5. The standard InChI is InChI=1S/C18H18BrClN4O2/c1-18(2,3)26-17(25)23(10-12-7-5-4-6-8-12)15-14-9-13(19)11-24(14)22-16(20)21-15/h4-9,11H,10H2,1-3H3. The molecule has 2 aromatic heterocycles. The van der Waals surface area contributed by atoms with Crippen molar-refractivity contribution in [3.8, 4) is 0 Å². The van der Waals surface area contributed by atoms with Gasteiger partial charge in [0.25, 0.3) is 0 Å². The van der Waals surface area contributed by atoms with Crippen molar-refractivity contribution in [2.45, 2.75) is 32.9 Å². The fraction of sp³-hybridized carbons (Fsp3) is 0.278. The molecule has 0 saturated heterocycles. The zero-order valence-electron chi connectivity index (χ0n) is 14.6. The molecule has 0 aliphatic rings. The molecule has 0 atom stereocenters. The molecule has 8 heteroatoms. The Morgan fingerprint density at radius 3 is 2.65 bits per heavy atom. The van der Waals surface area contributed by atoms with Crippen LogP contribution in [0.4, 0.5) is 10.6 Å². The maximum Gasteiger partial charge on any atom is 0.416 e. The number of ether oxygens (including phenoxy) is 1. The van der Waals surface area contributed by atoms with E-state index in [1.54, 1.807) is 10.7 Å². The fourth-order valence-corrected chi connectivity index (χ4v) is 3.01. The Morgan fingerprint density at radius 2 is 2.00 bits per heavy atom. The van der Waals surface area contributed by atoms with Gasteiger partial charge in [-0.1, -0.05) is 30.3 Å². The average Bonchev–Trinajstić information content (AvgIpc) is 2.91. The van der Waals surface area contributed by atoms with E-state index in [0.717, 1.165) is 10.0 Å². The normalized spacial score (nSPS) is 11.6. The van der Waals surface area contributed by atoms with Crippen molar-refractivity contribution in [2.24, 2.45) is 0 Å². The summed E-state index contributed by atoms with van der Waals surface area (Å²) in [5, 5.41) is 4.18. The van der Waals surface area contributed by atoms with Gasteiger partial charge in [-0.25, -0.2) is 9.31 Å². The quantitative estimate of drug-likeness (QED) is 0.573. The number of carbonyl (C=O) groups excluding carboxylic acids is 1. The second-order valence-electron chi connectivity index (χ2n) is 6.74. The van der Waals surface area contributed by atoms with Crippen LogP contribution < -0.4 is 4.90 Å². The van der Waals surface area contributed by atoms with Gasteiger partial charge < -0.3 is 4.74 Å². The Bertz CT molecular complexity index is 938. The summed E-state index contributed by atoms with van der Waals surface area (Å²) in [6.45, 7) is 5.76. The first-order valence-corrected chi connectivity index (χ1v) is 9.16. The van der Waals surface area contributed by atoms with E-state index in [9.17, 15) is 4.79 Å². The number of nitrogens with zero attached hydrogens (tertiary/aromatic N) is 4. The molecule has 0 fully saturated rings. The maximum atomic E-state index is 12.9. The highest BCUT2D eigenvalue weighted by Crippen LogP contribution is 2.27. The highest BCUT2D eigenvalue weighted by molar-refractivity contribution is 9.10. The second kappa shape index (κ2) is 7.25. The molecule has 6 nitrogen and oxygen atoms in total. The van der Waals surface area contributed by atoms with Crippen molar-refractivity contribution >= 4 is 45.0 Å². The van der Waals surface area contributed by atoms with Crippen LogP contribution in [-0.2, 0) is 11.3 Å². The molecule has 1 amide bonds. The van der Waals surface area contributed by atoms with E-state index in [0.29, 0.717) is 17.9 Å². The number of rotatable bonds is 3. The van der Waals surface area contributed by atoms with Crippen LogP contribution >= 0.6 is 27.5 Å². The first-order valence-electron chi connectivity index (χ1n) is 7.99. The number of amides is 1. The molecule has 26 heavy (non-hydrogen) atoms. The van der Waals surface area contributed by atoms with Crippen molar-refractivity contribution in [2.75, 3.05) is 4.90 Å². The molecule has 136 valence electrons. The second-order valence-corrected chi connectivity index (χ2v) is 8.00. The third kappa shape index (κ3) is 4.34. The molecule has 0 unspecified atom stereocenters. The van der Waals surface area contributed by atoms with Crippen molar-refractivity contribution in [3.63, 3.8) is 0 Å². The van der Waals surface area contributed by atoms with E-state index >= 15 is 0 Å². The van der Waals surface area contributed by atoms with Crippen LogP contribution in [0, 0.1) is 0 Å². The molecule has 1 aromatic carbocycles. The zero-order chi connectivity index (χ0) is 18.9. The molecule has 0 aliphatic heterocycles. The van der Waals surface area contributed by atoms with E-state index in [-0.39, 0.29) is 5.28 Å². The van der Waals surface area contributed by atoms with Crippen LogP contribution in [0.5, 0.6) is 0 Å². The highest BCUT2D eigenvalue weighted by Gasteiger charge is 2.27. The summed E-state index contributed by atoms with van der Waals surface area (Å²) >= 11 is 9.50. The van der Waals surface area contributed by atoms with Gasteiger partial charge in [0.2, 0.25) is 5.28 Å². The number of anilines is 1. The minimum absolute atomic E-state index is 0.0391. The summed E-state index contributed by atoms with van der Waals surface area (Å²) < 4.78 is 7.97. The lowest BCUT2D eigenvalue weighted by atomic mass is 10.2. The largest absolute Gasteiger partial charge is 0.443 e. The maximum absolute atomic E-state index is 12.9. The number of benzene rings is 1. The van der Waals surface area contributed by atoms with Crippen LogP contribution in [-0.4, -0.2) is 26.3 Å². The Balaban J connectivity index is 2.09. The smallest absolute Gasteiger partial charge is 0.416 e. The van der Waals surface area contributed by atoms with Gasteiger partial charge in [-0.2, -0.15) is 4.98 Å². The Labute approximate surface area is 164 Å². The summed E-state index contributed by atoms with van der Waals surface area (Å²) in [7, 11) is 0. The molecule has 0 spiro atoms. The average molecular weight is 438 g/mol. The summed E-state index contributed by atoms with van der Waals surface area (Å²) in [5.41, 5.74) is 0.946. The lowest BCUT2D eigenvalue weighted by Gasteiger charge is -2.27. The first kappa shape index (κ1) is 18.7. The number of halogens is 2. The van der Waals surface area contributed by atoms with Crippen LogP contribution in [0.1, 0.15) is 26.3 Å². The molecule has 0 aliphatic carbocycles. The van der Waals surface area contributed by atoms with Crippen molar-refractivity contribution in [1.29, 1.82) is 0 Å². The molecule has 2 heterocycles. The van der Waals surface area contributed by atoms with Gasteiger partial charge in [0, 0.05) is 10.7 Å². The number of fused-ring (bicyclic) bond motifs is 1. The van der Waals surface area contributed by atoms with Crippen LogP contribution in [0.2, 0.25) is 5.28 Å². The monoisotopic (exact) mass is 436 g/mol. The fourth-order valence-electron chi connectivity index (χ4n) is 2.43. The molecular formula is C18H18BrClN4O2. The summed E-state index contributed by atoms with van der Waals surface area (Å²) in [5.74, 6) is 0.383. The van der Waals surface area contributed by atoms with Crippen molar-refractivity contribution in [1.82, 2.24) is 14.6 Å². The van der Waals surface area contributed by atoms with Crippen LogP contribution in [0.15, 0.2) is 47.1 Å². The van der Waals surface area contributed by atoms with E-state index in [1.165, 1.54) is 4.90 Å². The lowest BCUT2D eigenvalue weighted by Crippen LogP contribution is -2.37. The number of hydrogen-bond donors (Lipinski definition) is 0. The molecule has 3 rings (SSSR count). The lowest BCUT2D eigenvalue weighted by molar-refractivity contribution is 0.0576. The van der Waals surface area contributed by atoms with Gasteiger partial charge in [-0.15, -0.1) is 5.10 Å². The highest BCUT2D eigenvalue weighted by atomic mass is 79.9. The predicted octanol–water partition coefficient (Wildman–Crippen LogP) is 5.09. The molecular weight excluding hydrogens is 420 g/mol. The van der Waals surface area contributed by atoms with Crippen molar-refractivity contribution < 1.29 is 9.53 Å². The van der Waals surface area contributed by atoms with E-state index in [4.69, 9.17) is 16.3 Å². The molecule has 0 bridgehead atoms. The van der Waals surface area contributed by atoms with Crippen LogP contribution in [0.3, 0.4) is 0 Å². The van der Waals surface area contributed by atoms with E-state index in [2.05, 4.69) is 26.0 Å². The SMILES string of the molecule is CC(C)(C)OC(=O)N(Cc1ccccc1)c1nc(Cl)nn2cc(Br)cc12. The summed E-state index contributed by atoms with van der Waals surface area (Å²) in [4.78, 5) is 18.7. The number of hydrogen-bond acceptors (Lipinski definition) is 4. The molecule has 3 aromatic rings. The Hall–Kier alpha value is -2.12. The van der Waals surface area contributed by atoms with Crippen molar-refractivity contribution in [3.05, 3.63) is 57.9 Å². The van der Waals surface area contributed by atoms with Gasteiger partial charge >= 0.3 is 6.09 Å². The third-order valence-corrected chi connectivity index (χ3v) is 4.03. The van der Waals surface area contributed by atoms with Gasteiger partial charge in [0.05, 0.1) is 6.54 Å². The molecule has 0 N–H and O–H groups in total. The minimum Gasteiger partial charge on any atom is -0.443 e. The first-order chi connectivity index (χ1) is 12.2. The number of carbonyl (C=O) groups is 1. The Morgan fingerprint density at radius 1 is 1.31 bits per heavy atom. The third-order valence-electron chi connectivity index (χ3n) is 3.44. The van der Waals surface area contributed by atoms with E-state index in [1.807, 2.05) is 57.2 Å². The van der Waals surface area contributed by atoms with Gasteiger partial charge in [-0.3, -0.25) is 4.90 Å². The van der Waals surface area contributed by atoms with Crippen LogP contribution in [0.25, 0.3) is 5.52 Å².